The van der Waals surface area contributed by atoms with Gasteiger partial charge in [0.05, 0.1) is 6.42 Å². The van der Waals surface area contributed by atoms with Crippen molar-refractivity contribution >= 4 is 11.7 Å². The van der Waals surface area contributed by atoms with Crippen molar-refractivity contribution < 1.29 is 4.79 Å². The number of anilines is 1. The van der Waals surface area contributed by atoms with E-state index in [-0.39, 0.29) is 11.3 Å². The van der Waals surface area contributed by atoms with Crippen LogP contribution in [-0.2, 0) is 24.3 Å². The van der Waals surface area contributed by atoms with Crippen LogP contribution in [0, 0.1) is 5.41 Å². The summed E-state index contributed by atoms with van der Waals surface area (Å²) in [7, 11) is 0. The summed E-state index contributed by atoms with van der Waals surface area (Å²) in [6.07, 6.45) is 9.10. The van der Waals surface area contributed by atoms with E-state index in [1.807, 2.05) is 23.4 Å². The molecular formula is C22H30N6O. The van der Waals surface area contributed by atoms with Gasteiger partial charge in [-0.2, -0.15) is 0 Å². The maximum atomic E-state index is 12.7. The third kappa shape index (κ3) is 4.57. The first-order chi connectivity index (χ1) is 14.1. The van der Waals surface area contributed by atoms with Crippen molar-refractivity contribution in [2.24, 2.45) is 5.41 Å². The molecule has 0 bridgehead atoms. The van der Waals surface area contributed by atoms with Crippen LogP contribution >= 0.6 is 0 Å². The van der Waals surface area contributed by atoms with Crippen LogP contribution in [-0.4, -0.2) is 45.4 Å². The lowest BCUT2D eigenvalue weighted by molar-refractivity contribution is -0.133. The number of amides is 1. The number of nitrogens with zero attached hydrogens (tertiary/aromatic N) is 4. The Morgan fingerprint density at radius 3 is 2.66 bits per heavy atom. The van der Waals surface area contributed by atoms with Gasteiger partial charge in [-0.3, -0.25) is 15.2 Å². The number of rotatable bonds is 6. The lowest BCUT2D eigenvalue weighted by atomic mass is 9.76. The van der Waals surface area contributed by atoms with Crippen molar-refractivity contribution in [3.05, 3.63) is 53.5 Å². The van der Waals surface area contributed by atoms with Gasteiger partial charge in [0.2, 0.25) is 5.91 Å². The van der Waals surface area contributed by atoms with E-state index < -0.39 is 0 Å². The number of carbonyl (C=O) groups excluding carboxylic acids is 1. The summed E-state index contributed by atoms with van der Waals surface area (Å²) in [4.78, 5) is 23.0. The van der Waals surface area contributed by atoms with Crippen LogP contribution in [0.1, 0.15) is 42.9 Å². The van der Waals surface area contributed by atoms with E-state index in [0.29, 0.717) is 12.2 Å². The van der Waals surface area contributed by atoms with E-state index in [1.54, 1.807) is 12.3 Å². The third-order valence-corrected chi connectivity index (χ3v) is 6.53. The summed E-state index contributed by atoms with van der Waals surface area (Å²) < 4.78 is 0. The molecule has 29 heavy (non-hydrogen) atoms. The average molecular weight is 395 g/mol. The Morgan fingerprint density at radius 2 is 1.97 bits per heavy atom. The molecule has 3 N–H and O–H groups in total. The van der Waals surface area contributed by atoms with Gasteiger partial charge in [-0.15, -0.1) is 0 Å². The topological polar surface area (TPSA) is 87.4 Å². The molecule has 2 aromatic rings. The number of likely N-dealkylation sites (tertiary alicyclic amines) is 1. The van der Waals surface area contributed by atoms with Gasteiger partial charge in [0.15, 0.2) is 0 Å². The second-order valence-electron chi connectivity index (χ2n) is 8.34. The number of fused-ring (bicyclic) bond motifs is 1. The number of pyridine rings is 2. The molecule has 154 valence electrons. The predicted molar refractivity (Wildman–Crippen MR) is 112 cm³/mol. The second kappa shape index (κ2) is 8.47. The van der Waals surface area contributed by atoms with Crippen LogP contribution in [0.25, 0.3) is 0 Å². The smallest absolute Gasteiger partial charge is 0.227 e. The number of nitrogens with one attached hydrogen (secondary N) is 1. The van der Waals surface area contributed by atoms with E-state index >= 15 is 0 Å². The number of aromatic nitrogens is 2. The number of hydrazine groups is 1. The lowest BCUT2D eigenvalue weighted by Crippen LogP contribution is -2.49. The van der Waals surface area contributed by atoms with E-state index in [1.165, 1.54) is 11.1 Å². The van der Waals surface area contributed by atoms with Gasteiger partial charge < -0.3 is 10.6 Å². The van der Waals surface area contributed by atoms with Crippen molar-refractivity contribution in [1.82, 2.24) is 25.3 Å². The summed E-state index contributed by atoms with van der Waals surface area (Å²) in [6.45, 7) is 6.69. The zero-order valence-corrected chi connectivity index (χ0v) is 17.1. The van der Waals surface area contributed by atoms with Gasteiger partial charge >= 0.3 is 0 Å². The van der Waals surface area contributed by atoms with Gasteiger partial charge in [0.25, 0.3) is 0 Å². The minimum absolute atomic E-state index is 0.178. The minimum Gasteiger partial charge on any atom is -0.384 e. The van der Waals surface area contributed by atoms with Crippen molar-refractivity contribution in [3.63, 3.8) is 0 Å². The van der Waals surface area contributed by atoms with Crippen molar-refractivity contribution in [2.75, 3.05) is 25.4 Å². The molecule has 0 radical (unpaired) electrons. The Hall–Kier alpha value is -2.51. The van der Waals surface area contributed by atoms with Crippen LogP contribution < -0.4 is 11.2 Å². The average Bonchev–Trinajstić information content (AvgIpc) is 3.17. The van der Waals surface area contributed by atoms with Gasteiger partial charge in [-0.25, -0.2) is 9.99 Å². The number of nitrogen functional groups attached to an aromatic ring is 1. The molecule has 7 heteroatoms. The number of hydrogen-bond donors (Lipinski definition) is 2. The molecule has 1 fully saturated rings. The molecule has 2 aromatic heterocycles. The SMILES string of the molecule is CCC1(CNN2Cc3ccncc3C2)CCN(C(=O)Cc2ccc(N)nc2)CC1. The summed E-state index contributed by atoms with van der Waals surface area (Å²) in [5.41, 5.74) is 13.1. The summed E-state index contributed by atoms with van der Waals surface area (Å²) >= 11 is 0. The first kappa shape index (κ1) is 19.8. The number of carbonyl (C=O) groups is 1. The van der Waals surface area contributed by atoms with Gasteiger partial charge in [0.1, 0.15) is 5.82 Å². The molecule has 0 atom stereocenters. The maximum Gasteiger partial charge on any atom is 0.227 e. The lowest BCUT2D eigenvalue weighted by Gasteiger charge is -2.42. The van der Waals surface area contributed by atoms with Crippen LogP contribution in [0.15, 0.2) is 36.8 Å². The quantitative estimate of drug-likeness (QED) is 0.781. The fourth-order valence-electron chi connectivity index (χ4n) is 4.32. The predicted octanol–water partition coefficient (Wildman–Crippen LogP) is 2.14. The molecule has 7 nitrogen and oxygen atoms in total. The monoisotopic (exact) mass is 394 g/mol. The summed E-state index contributed by atoms with van der Waals surface area (Å²) in [5, 5.41) is 2.29. The van der Waals surface area contributed by atoms with Crippen molar-refractivity contribution in [1.29, 1.82) is 0 Å². The highest BCUT2D eigenvalue weighted by atomic mass is 16.2. The minimum atomic E-state index is 0.178. The van der Waals surface area contributed by atoms with E-state index in [9.17, 15) is 4.79 Å². The molecule has 2 aliphatic heterocycles. The number of nitrogens with two attached hydrogens (primary N) is 1. The normalized spacial score (nSPS) is 18.6. The third-order valence-electron chi connectivity index (χ3n) is 6.53. The highest BCUT2D eigenvalue weighted by Gasteiger charge is 2.35. The van der Waals surface area contributed by atoms with Crippen molar-refractivity contribution in [2.45, 2.75) is 45.7 Å². The second-order valence-corrected chi connectivity index (χ2v) is 8.34. The molecule has 2 aliphatic rings. The molecule has 0 saturated carbocycles. The molecular weight excluding hydrogens is 364 g/mol. The first-order valence-electron chi connectivity index (χ1n) is 10.5. The molecule has 0 aliphatic carbocycles. The van der Waals surface area contributed by atoms with E-state index in [0.717, 1.165) is 57.5 Å². The van der Waals surface area contributed by atoms with E-state index in [2.05, 4.69) is 33.4 Å². The fourth-order valence-corrected chi connectivity index (χ4v) is 4.32. The molecule has 1 amide bonds. The van der Waals surface area contributed by atoms with Crippen LogP contribution in [0.4, 0.5) is 5.82 Å². The number of piperidine rings is 1. The molecule has 0 aromatic carbocycles. The van der Waals surface area contributed by atoms with Crippen LogP contribution in [0.5, 0.6) is 0 Å². The Labute approximate surface area is 172 Å². The van der Waals surface area contributed by atoms with Crippen molar-refractivity contribution in [3.8, 4) is 0 Å². The Morgan fingerprint density at radius 1 is 1.17 bits per heavy atom. The first-order valence-corrected chi connectivity index (χ1v) is 10.5. The molecule has 0 unspecified atom stereocenters. The molecule has 4 rings (SSSR count). The van der Waals surface area contributed by atoms with Crippen LogP contribution in [0.3, 0.4) is 0 Å². The highest BCUT2D eigenvalue weighted by molar-refractivity contribution is 5.78. The number of hydrogen-bond acceptors (Lipinski definition) is 6. The zero-order valence-electron chi connectivity index (χ0n) is 17.1. The Kier molecular flexibility index (Phi) is 5.78. The van der Waals surface area contributed by atoms with Gasteiger partial charge in [-0.05, 0) is 53.5 Å². The summed E-state index contributed by atoms with van der Waals surface area (Å²) in [6, 6.07) is 5.74. The van der Waals surface area contributed by atoms with Gasteiger partial charge in [0, 0.05) is 51.3 Å². The maximum absolute atomic E-state index is 12.7. The van der Waals surface area contributed by atoms with Gasteiger partial charge in [-0.1, -0.05) is 13.0 Å². The summed E-state index contributed by atoms with van der Waals surface area (Å²) in [5.74, 6) is 0.661. The largest absolute Gasteiger partial charge is 0.384 e. The van der Waals surface area contributed by atoms with Crippen LogP contribution in [0.2, 0.25) is 0 Å². The Bertz CT molecular complexity index is 820. The highest BCUT2D eigenvalue weighted by Crippen LogP contribution is 2.35. The van der Waals surface area contributed by atoms with E-state index in [4.69, 9.17) is 5.73 Å². The zero-order chi connectivity index (χ0) is 20.3. The standard InChI is InChI=1S/C22H30N6O/c1-2-22(16-26-28-14-18-5-8-24-13-19(18)15-28)6-9-27(10-7-22)21(29)11-17-3-4-20(23)25-12-17/h3-5,8,12-13,26H,2,6-7,9-11,14-16H2,1H3,(H2,23,25). The molecule has 0 spiro atoms. The Balaban J connectivity index is 1.27. The molecule has 1 saturated heterocycles. The molecule has 4 heterocycles. The fraction of sp³-hybridized carbons (Fsp3) is 0.500.